The van der Waals surface area contributed by atoms with Crippen LogP contribution in [0.5, 0.6) is 0 Å². The Balaban J connectivity index is 1.36. The number of aromatic nitrogens is 3. The first kappa shape index (κ1) is 31.0. The van der Waals surface area contributed by atoms with Crippen molar-refractivity contribution in [2.45, 2.75) is 84.6 Å². The second-order valence-corrected chi connectivity index (χ2v) is 22.2. The summed E-state index contributed by atoms with van der Waals surface area (Å²) in [6.45, 7) is 19.2. The van der Waals surface area contributed by atoms with E-state index in [0.29, 0.717) is 5.92 Å². The molecule has 4 nitrogen and oxygen atoms in total. The Morgan fingerprint density at radius 2 is 1.63 bits per heavy atom. The third-order valence-electron chi connectivity index (χ3n) is 11.9. The maximum Gasteiger partial charge on any atom is 0.299 e. The third kappa shape index (κ3) is 4.24. The second kappa shape index (κ2) is 10.6. The van der Waals surface area contributed by atoms with E-state index in [0.717, 1.165) is 17.6 Å². The fraction of sp³-hybridized carbons (Fsp3) is 0.304. The van der Waals surface area contributed by atoms with Gasteiger partial charge in [-0.1, -0.05) is 93.6 Å². The molecule has 3 aromatic heterocycles. The van der Waals surface area contributed by atoms with Crippen LogP contribution in [-0.2, 0) is 6.42 Å². The van der Waals surface area contributed by atoms with Crippen LogP contribution in [0.15, 0.2) is 102 Å². The number of benzene rings is 4. The summed E-state index contributed by atoms with van der Waals surface area (Å²) in [6, 6.07) is 32.6. The van der Waals surface area contributed by atoms with E-state index in [-0.39, 0.29) is 23.9 Å². The zero-order chi connectivity index (χ0) is 35.1. The van der Waals surface area contributed by atoms with Crippen molar-refractivity contribution in [1.82, 2.24) is 4.57 Å². The van der Waals surface area contributed by atoms with Crippen LogP contribution in [0.4, 0.5) is 0 Å². The smallest absolute Gasteiger partial charge is 0.299 e. The van der Waals surface area contributed by atoms with Crippen molar-refractivity contribution >= 4 is 51.9 Å². The maximum absolute atomic E-state index is 6.94. The topological polar surface area (TPSA) is 25.8 Å². The molecule has 5 heterocycles. The summed E-state index contributed by atoms with van der Waals surface area (Å²) in [5.74, 6) is 2.20. The first-order valence-corrected chi connectivity index (χ1v) is 22.4. The average Bonchev–Trinajstić information content (AvgIpc) is 3.73. The quantitative estimate of drug-likeness (QED) is 0.134. The SMILES string of the molecule is Cc1ccc2c(c1)C1C3=CC(c4ccc5c(oc6ccccc65)c4-c4n3c3ccccc3[n+]4C(C)C)C1[n+]1cc([Si](C)(C)C)c(CC(C)C)cc1-2. The lowest BCUT2D eigenvalue weighted by atomic mass is 9.77. The summed E-state index contributed by atoms with van der Waals surface area (Å²) in [6.07, 6.45) is 6.37. The summed E-state index contributed by atoms with van der Waals surface area (Å²) in [5.41, 5.74) is 15.5. The molecule has 10 rings (SSSR count). The molecule has 5 heteroatoms. The van der Waals surface area contributed by atoms with Gasteiger partial charge in [-0.25, -0.2) is 4.57 Å². The van der Waals surface area contributed by atoms with Crippen molar-refractivity contribution < 1.29 is 13.6 Å². The predicted octanol–water partition coefficient (Wildman–Crippen LogP) is 10.4. The third-order valence-corrected chi connectivity index (χ3v) is 14.0. The first-order chi connectivity index (χ1) is 24.5. The van der Waals surface area contributed by atoms with E-state index in [4.69, 9.17) is 4.42 Å². The van der Waals surface area contributed by atoms with Crippen molar-refractivity contribution in [1.29, 1.82) is 0 Å². The lowest BCUT2D eigenvalue weighted by molar-refractivity contribution is -0.716. The molecule has 0 saturated carbocycles. The number of hydrogen-bond donors (Lipinski definition) is 0. The highest BCUT2D eigenvalue weighted by molar-refractivity contribution is 6.89. The van der Waals surface area contributed by atoms with Crippen molar-refractivity contribution in [2.24, 2.45) is 5.92 Å². The number of pyridine rings is 1. The van der Waals surface area contributed by atoms with E-state index in [1.165, 1.54) is 72.4 Å². The maximum atomic E-state index is 6.94. The molecule has 2 bridgehead atoms. The van der Waals surface area contributed by atoms with Gasteiger partial charge in [0.1, 0.15) is 22.8 Å². The highest BCUT2D eigenvalue weighted by Gasteiger charge is 2.57. The molecule has 0 N–H and O–H groups in total. The van der Waals surface area contributed by atoms with Crippen LogP contribution in [0.2, 0.25) is 19.6 Å². The molecule has 7 aromatic rings. The van der Waals surface area contributed by atoms with Crippen LogP contribution in [0.1, 0.15) is 73.9 Å². The number of imidazole rings is 1. The number of fused-ring (bicyclic) bond motifs is 14. The van der Waals surface area contributed by atoms with E-state index >= 15 is 0 Å². The number of allylic oxidation sites excluding steroid dienone is 2. The molecule has 0 saturated heterocycles. The van der Waals surface area contributed by atoms with Crippen LogP contribution in [-0.4, -0.2) is 12.6 Å². The van der Waals surface area contributed by atoms with Crippen molar-refractivity contribution in [3.63, 3.8) is 0 Å². The van der Waals surface area contributed by atoms with Crippen LogP contribution in [0.3, 0.4) is 0 Å². The minimum Gasteiger partial charge on any atom is -0.455 e. The molecule has 3 atom stereocenters. The molecular formula is C46H47N3OSi+2. The van der Waals surface area contributed by atoms with E-state index in [2.05, 4.69) is 165 Å². The molecule has 0 radical (unpaired) electrons. The molecule has 3 unspecified atom stereocenters. The van der Waals surface area contributed by atoms with Gasteiger partial charge in [-0.2, -0.15) is 9.13 Å². The van der Waals surface area contributed by atoms with Gasteiger partial charge in [0.15, 0.2) is 28.9 Å². The van der Waals surface area contributed by atoms with E-state index in [1.54, 1.807) is 5.19 Å². The van der Waals surface area contributed by atoms with Crippen molar-refractivity contribution in [3.05, 3.63) is 119 Å². The summed E-state index contributed by atoms with van der Waals surface area (Å²) in [5, 5.41) is 3.96. The van der Waals surface area contributed by atoms with Crippen LogP contribution in [0.25, 0.3) is 61.3 Å². The molecule has 0 fully saturated rings. The minimum atomic E-state index is -1.68. The summed E-state index contributed by atoms with van der Waals surface area (Å²) in [7, 11) is -1.68. The predicted molar refractivity (Wildman–Crippen MR) is 212 cm³/mol. The van der Waals surface area contributed by atoms with E-state index in [1.807, 2.05) is 0 Å². The monoisotopic (exact) mass is 685 g/mol. The Bertz CT molecular complexity index is 2650. The Hall–Kier alpha value is -4.74. The Morgan fingerprint density at radius 1 is 0.843 bits per heavy atom. The average molecular weight is 686 g/mol. The number of rotatable bonds is 4. The van der Waals surface area contributed by atoms with Gasteiger partial charge >= 0.3 is 0 Å². The van der Waals surface area contributed by atoms with Crippen LogP contribution in [0, 0.1) is 12.8 Å². The lowest BCUT2D eigenvalue weighted by Gasteiger charge is -2.33. The number of aryl methyl sites for hydroxylation is 1. The van der Waals surface area contributed by atoms with Gasteiger partial charge in [-0.15, -0.1) is 0 Å². The Morgan fingerprint density at radius 3 is 2.41 bits per heavy atom. The van der Waals surface area contributed by atoms with Gasteiger partial charge in [0.05, 0.1) is 25.6 Å². The molecule has 51 heavy (non-hydrogen) atoms. The highest BCUT2D eigenvalue weighted by atomic mass is 28.3. The summed E-state index contributed by atoms with van der Waals surface area (Å²) < 4.78 is 14.9. The number of hydrogen-bond acceptors (Lipinski definition) is 1. The van der Waals surface area contributed by atoms with Gasteiger partial charge in [0.25, 0.3) is 5.82 Å². The molecule has 4 aromatic carbocycles. The molecule has 0 amide bonds. The minimum absolute atomic E-state index is 0.166. The fourth-order valence-electron chi connectivity index (χ4n) is 9.98. The molecule has 2 aliphatic heterocycles. The van der Waals surface area contributed by atoms with Gasteiger partial charge < -0.3 is 4.42 Å². The molecule has 1 aliphatic carbocycles. The van der Waals surface area contributed by atoms with Gasteiger partial charge in [-0.3, -0.25) is 0 Å². The fourth-order valence-corrected chi connectivity index (χ4v) is 11.6. The van der Waals surface area contributed by atoms with E-state index in [9.17, 15) is 0 Å². The highest BCUT2D eigenvalue weighted by Crippen LogP contribution is 2.59. The molecule has 0 spiro atoms. The number of nitrogens with zero attached hydrogens (tertiary/aromatic N) is 3. The van der Waals surface area contributed by atoms with E-state index < -0.39 is 8.07 Å². The van der Waals surface area contributed by atoms with Gasteiger partial charge in [0.2, 0.25) is 5.69 Å². The van der Waals surface area contributed by atoms with Crippen molar-refractivity contribution in [2.75, 3.05) is 0 Å². The number of para-hydroxylation sites is 3. The van der Waals surface area contributed by atoms with Crippen LogP contribution >= 0.6 is 0 Å². The van der Waals surface area contributed by atoms with Crippen LogP contribution < -0.4 is 14.3 Å². The Kier molecular flexibility index (Phi) is 6.48. The van der Waals surface area contributed by atoms with Gasteiger partial charge in [0, 0.05) is 22.0 Å². The zero-order valence-corrected chi connectivity index (χ0v) is 32.1. The lowest BCUT2D eigenvalue weighted by Crippen LogP contribution is -2.54. The zero-order valence-electron chi connectivity index (χ0n) is 31.1. The summed E-state index contributed by atoms with van der Waals surface area (Å²) in [4.78, 5) is 0. The number of furan rings is 1. The first-order valence-electron chi connectivity index (χ1n) is 18.9. The summed E-state index contributed by atoms with van der Waals surface area (Å²) >= 11 is 0. The largest absolute Gasteiger partial charge is 0.455 e. The Labute approximate surface area is 301 Å². The molecular weight excluding hydrogens is 639 g/mol. The standard InChI is InChI=1S/C46H47N3OSi/c1-26(2)21-29-23-38-30-18-17-28(5)22-34(30)42-39-24-35(44(42)47(38)25-41(29)51(6,7)8)32-19-20-33-31-13-9-12-16-40(31)50-45(33)43(32)46-48(27(3)4)36-14-10-11-15-37(36)49(39)46/h9-20,22-27,35,42,44H,21H2,1-8H3/q+2. The van der Waals surface area contributed by atoms with Gasteiger partial charge in [-0.05, 0) is 80.1 Å². The second-order valence-electron chi connectivity index (χ2n) is 17.1. The van der Waals surface area contributed by atoms with Crippen molar-refractivity contribution in [3.8, 4) is 22.6 Å². The normalized spacial score (nSPS) is 18.9. The molecule has 3 aliphatic rings. The molecule has 254 valence electrons.